The molecule has 120 valence electrons. The largest absolute Gasteiger partial charge is 0.465 e. The van der Waals surface area contributed by atoms with E-state index in [9.17, 15) is 9.59 Å². The van der Waals surface area contributed by atoms with E-state index < -0.39 is 5.97 Å². The van der Waals surface area contributed by atoms with Crippen molar-refractivity contribution in [3.05, 3.63) is 23.4 Å². The highest BCUT2D eigenvalue weighted by Gasteiger charge is 2.10. The summed E-state index contributed by atoms with van der Waals surface area (Å²) in [7, 11) is 0. The fourth-order valence-corrected chi connectivity index (χ4v) is 2.24. The Balaban J connectivity index is 1.70. The van der Waals surface area contributed by atoms with E-state index in [1.807, 2.05) is 6.07 Å². The van der Waals surface area contributed by atoms with Crippen LogP contribution in [0.4, 0.5) is 10.6 Å². The maximum atomic E-state index is 11.5. The lowest BCUT2D eigenvalue weighted by Crippen LogP contribution is -2.39. The van der Waals surface area contributed by atoms with Crippen LogP contribution in [0, 0.1) is 0 Å². The minimum absolute atomic E-state index is 0.124. The van der Waals surface area contributed by atoms with Crippen LogP contribution in [0.15, 0.2) is 12.1 Å². The SMILES string of the molecule is CCOC(=O)CNC(=O)NCCc1ccc2c(n1)NCCC2. The lowest BCUT2D eigenvalue weighted by Gasteiger charge is -2.17. The molecule has 7 nitrogen and oxygen atoms in total. The molecule has 1 aliphatic rings. The summed E-state index contributed by atoms with van der Waals surface area (Å²) in [6.45, 7) is 3.32. The zero-order chi connectivity index (χ0) is 15.8. The van der Waals surface area contributed by atoms with E-state index in [1.165, 1.54) is 5.56 Å². The van der Waals surface area contributed by atoms with Gasteiger partial charge in [0, 0.05) is 25.2 Å². The summed E-state index contributed by atoms with van der Waals surface area (Å²) < 4.78 is 4.72. The van der Waals surface area contributed by atoms with Gasteiger partial charge in [0.2, 0.25) is 0 Å². The van der Waals surface area contributed by atoms with Crippen LogP contribution in [0.5, 0.6) is 0 Å². The van der Waals surface area contributed by atoms with Crippen LogP contribution in [-0.2, 0) is 22.4 Å². The average molecular weight is 306 g/mol. The van der Waals surface area contributed by atoms with Gasteiger partial charge in [0.05, 0.1) is 6.61 Å². The van der Waals surface area contributed by atoms with Crippen molar-refractivity contribution in [3.8, 4) is 0 Å². The first kappa shape index (κ1) is 16.1. The number of anilines is 1. The van der Waals surface area contributed by atoms with Crippen molar-refractivity contribution >= 4 is 17.8 Å². The maximum absolute atomic E-state index is 11.5. The van der Waals surface area contributed by atoms with Gasteiger partial charge in [-0.15, -0.1) is 0 Å². The predicted octanol–water partition coefficient (Wildman–Crippen LogP) is 0.844. The summed E-state index contributed by atoms with van der Waals surface area (Å²) >= 11 is 0. The van der Waals surface area contributed by atoms with Gasteiger partial charge in [-0.2, -0.15) is 0 Å². The summed E-state index contributed by atoms with van der Waals surface area (Å²) in [6, 6.07) is 3.69. The van der Waals surface area contributed by atoms with E-state index in [4.69, 9.17) is 4.74 Å². The van der Waals surface area contributed by atoms with Gasteiger partial charge in [-0.25, -0.2) is 9.78 Å². The molecule has 1 aliphatic heterocycles. The molecule has 0 fully saturated rings. The number of fused-ring (bicyclic) bond motifs is 1. The summed E-state index contributed by atoms with van der Waals surface area (Å²) in [5.74, 6) is 0.510. The smallest absolute Gasteiger partial charge is 0.325 e. The second-order valence-electron chi connectivity index (χ2n) is 5.01. The molecule has 7 heteroatoms. The van der Waals surface area contributed by atoms with Crippen LogP contribution in [0.2, 0.25) is 0 Å². The second kappa shape index (κ2) is 8.21. The molecular weight excluding hydrogens is 284 g/mol. The monoisotopic (exact) mass is 306 g/mol. The third-order valence-corrected chi connectivity index (χ3v) is 3.32. The molecule has 1 aromatic rings. The number of pyridine rings is 1. The molecule has 1 aromatic heterocycles. The Morgan fingerprint density at radius 2 is 2.23 bits per heavy atom. The first-order chi connectivity index (χ1) is 10.7. The highest BCUT2D eigenvalue weighted by molar-refractivity contribution is 5.80. The highest BCUT2D eigenvalue weighted by Crippen LogP contribution is 2.19. The van der Waals surface area contributed by atoms with Crippen molar-refractivity contribution < 1.29 is 14.3 Å². The average Bonchev–Trinajstić information content (AvgIpc) is 2.53. The number of hydrogen-bond acceptors (Lipinski definition) is 5. The summed E-state index contributed by atoms with van der Waals surface area (Å²) in [4.78, 5) is 27.2. The zero-order valence-corrected chi connectivity index (χ0v) is 12.8. The fraction of sp³-hybridized carbons (Fsp3) is 0.533. The number of carbonyl (C=O) groups is 2. The third kappa shape index (κ3) is 4.91. The molecule has 0 radical (unpaired) electrons. The van der Waals surface area contributed by atoms with E-state index in [-0.39, 0.29) is 12.6 Å². The molecule has 2 amide bonds. The van der Waals surface area contributed by atoms with Crippen LogP contribution in [0.3, 0.4) is 0 Å². The first-order valence-electron chi connectivity index (χ1n) is 7.59. The molecule has 0 bridgehead atoms. The third-order valence-electron chi connectivity index (χ3n) is 3.32. The van der Waals surface area contributed by atoms with Crippen molar-refractivity contribution in [1.82, 2.24) is 15.6 Å². The van der Waals surface area contributed by atoms with Gasteiger partial charge in [0.25, 0.3) is 0 Å². The summed E-state index contributed by atoms with van der Waals surface area (Å²) in [5, 5.41) is 8.42. The Hall–Kier alpha value is -2.31. The van der Waals surface area contributed by atoms with Gasteiger partial charge < -0.3 is 20.7 Å². The van der Waals surface area contributed by atoms with Gasteiger partial charge >= 0.3 is 12.0 Å². The van der Waals surface area contributed by atoms with Crippen molar-refractivity contribution in [2.24, 2.45) is 0 Å². The number of carbonyl (C=O) groups excluding carboxylic acids is 2. The van der Waals surface area contributed by atoms with Crippen LogP contribution < -0.4 is 16.0 Å². The van der Waals surface area contributed by atoms with Crippen LogP contribution >= 0.6 is 0 Å². The zero-order valence-electron chi connectivity index (χ0n) is 12.8. The van der Waals surface area contributed by atoms with Gasteiger partial charge in [-0.3, -0.25) is 4.79 Å². The normalized spacial score (nSPS) is 12.8. The van der Waals surface area contributed by atoms with E-state index in [0.29, 0.717) is 19.6 Å². The van der Waals surface area contributed by atoms with Crippen molar-refractivity contribution in [3.63, 3.8) is 0 Å². The van der Waals surface area contributed by atoms with Gasteiger partial charge in [-0.1, -0.05) is 6.07 Å². The molecule has 0 spiro atoms. The van der Waals surface area contributed by atoms with E-state index >= 15 is 0 Å². The Morgan fingerprint density at radius 3 is 3.05 bits per heavy atom. The standard InChI is InChI=1S/C15H22N4O3/c1-2-22-13(20)10-18-15(21)17-9-7-12-6-5-11-4-3-8-16-14(11)19-12/h5-6H,2-4,7-10H2,1H3,(H,16,19)(H2,17,18,21). The molecule has 3 N–H and O–H groups in total. The van der Waals surface area contributed by atoms with Gasteiger partial charge in [0.15, 0.2) is 0 Å². The number of rotatable bonds is 6. The number of ether oxygens (including phenoxy) is 1. The molecule has 0 atom stereocenters. The Morgan fingerprint density at radius 1 is 1.36 bits per heavy atom. The number of aryl methyl sites for hydroxylation is 1. The number of nitrogens with zero attached hydrogens (tertiary/aromatic N) is 1. The molecular formula is C15H22N4O3. The summed E-state index contributed by atoms with van der Waals surface area (Å²) in [6.07, 6.45) is 2.84. The molecule has 0 aromatic carbocycles. The van der Waals surface area contributed by atoms with Crippen LogP contribution in [-0.4, -0.2) is 43.2 Å². The Kier molecular flexibility index (Phi) is 6.00. The van der Waals surface area contributed by atoms with Crippen molar-refractivity contribution in [2.45, 2.75) is 26.2 Å². The Bertz CT molecular complexity index is 534. The molecule has 2 rings (SSSR count). The molecule has 2 heterocycles. The Labute approximate surface area is 129 Å². The molecule has 22 heavy (non-hydrogen) atoms. The lowest BCUT2D eigenvalue weighted by atomic mass is 10.1. The van der Waals surface area contributed by atoms with Gasteiger partial charge in [-0.05, 0) is 31.4 Å². The number of esters is 1. The topological polar surface area (TPSA) is 92.3 Å². The molecule has 0 unspecified atom stereocenters. The van der Waals surface area contributed by atoms with Crippen molar-refractivity contribution in [2.75, 3.05) is 31.6 Å². The highest BCUT2D eigenvalue weighted by atomic mass is 16.5. The molecule has 0 saturated heterocycles. The molecule has 0 aliphatic carbocycles. The number of aromatic nitrogens is 1. The van der Waals surface area contributed by atoms with E-state index in [0.717, 1.165) is 30.9 Å². The number of hydrogen-bond donors (Lipinski definition) is 3. The van der Waals surface area contributed by atoms with E-state index in [2.05, 4.69) is 27.0 Å². The second-order valence-corrected chi connectivity index (χ2v) is 5.01. The van der Waals surface area contributed by atoms with Crippen molar-refractivity contribution in [1.29, 1.82) is 0 Å². The van der Waals surface area contributed by atoms with E-state index in [1.54, 1.807) is 6.92 Å². The number of urea groups is 1. The lowest BCUT2D eigenvalue weighted by molar-refractivity contribution is -0.141. The van der Waals surface area contributed by atoms with Crippen LogP contribution in [0.1, 0.15) is 24.6 Å². The minimum atomic E-state index is -0.444. The van der Waals surface area contributed by atoms with Gasteiger partial charge in [0.1, 0.15) is 12.4 Å². The quantitative estimate of drug-likeness (QED) is 0.678. The minimum Gasteiger partial charge on any atom is -0.465 e. The molecule has 0 saturated carbocycles. The first-order valence-corrected chi connectivity index (χ1v) is 7.59. The number of nitrogens with one attached hydrogen (secondary N) is 3. The fourth-order valence-electron chi connectivity index (χ4n) is 2.24. The maximum Gasteiger partial charge on any atom is 0.325 e. The van der Waals surface area contributed by atoms with Crippen LogP contribution in [0.25, 0.3) is 0 Å². The predicted molar refractivity (Wildman–Crippen MR) is 82.8 cm³/mol. The summed E-state index contributed by atoms with van der Waals surface area (Å²) in [5.41, 5.74) is 2.17. The number of amides is 2.